The van der Waals surface area contributed by atoms with Gasteiger partial charge in [-0.1, -0.05) is 25.1 Å². The predicted octanol–water partition coefficient (Wildman–Crippen LogP) is 2.25. The fraction of sp³-hybridized carbons (Fsp3) is 0.588. The summed E-state index contributed by atoms with van der Waals surface area (Å²) in [6.45, 7) is 7.06. The maximum Gasteiger partial charge on any atom is 0.317 e. The van der Waals surface area contributed by atoms with Crippen molar-refractivity contribution in [3.63, 3.8) is 0 Å². The number of urea groups is 1. The van der Waals surface area contributed by atoms with E-state index in [1.165, 1.54) is 5.56 Å². The number of rotatable bonds is 3. The van der Waals surface area contributed by atoms with E-state index in [2.05, 4.69) is 35.3 Å². The second kappa shape index (κ2) is 7.01. The van der Waals surface area contributed by atoms with Gasteiger partial charge in [-0.2, -0.15) is 0 Å². The highest BCUT2D eigenvalue weighted by Gasteiger charge is 2.30. The zero-order valence-corrected chi connectivity index (χ0v) is 13.3. The molecule has 0 aliphatic carbocycles. The molecule has 1 fully saturated rings. The quantitative estimate of drug-likeness (QED) is 0.931. The minimum Gasteiger partial charge on any atom is -0.493 e. The van der Waals surface area contributed by atoms with Gasteiger partial charge in [-0.25, -0.2) is 4.79 Å². The van der Waals surface area contributed by atoms with Crippen LogP contribution in [0, 0.1) is 0 Å². The number of fused-ring (bicyclic) bond motifs is 1. The average molecular weight is 303 g/mol. The Labute approximate surface area is 132 Å². The summed E-state index contributed by atoms with van der Waals surface area (Å²) in [6.07, 6.45) is 2.00. The lowest BCUT2D eigenvalue weighted by atomic mass is 9.98. The first kappa shape index (κ1) is 15.2. The molecule has 1 aromatic carbocycles. The zero-order chi connectivity index (χ0) is 15.4. The van der Waals surface area contributed by atoms with Gasteiger partial charge in [0.05, 0.1) is 6.61 Å². The Balaban J connectivity index is 1.59. The number of carbonyl (C=O) groups excluding carboxylic acids is 1. The molecular formula is C17H25N3O2. The first-order valence-electron chi connectivity index (χ1n) is 8.28. The van der Waals surface area contributed by atoms with Crippen LogP contribution in [-0.4, -0.2) is 55.2 Å². The summed E-state index contributed by atoms with van der Waals surface area (Å²) >= 11 is 0. The van der Waals surface area contributed by atoms with Crippen molar-refractivity contribution in [1.29, 1.82) is 0 Å². The number of carbonyl (C=O) groups is 1. The van der Waals surface area contributed by atoms with Gasteiger partial charge in [-0.05, 0) is 12.5 Å². The molecule has 2 heterocycles. The predicted molar refractivity (Wildman–Crippen MR) is 86.1 cm³/mol. The van der Waals surface area contributed by atoms with Crippen LogP contribution in [0.3, 0.4) is 0 Å². The van der Waals surface area contributed by atoms with Gasteiger partial charge in [0.15, 0.2) is 0 Å². The number of hydrogen-bond donors (Lipinski definition) is 1. The number of piperazine rings is 1. The molecule has 1 saturated heterocycles. The van der Waals surface area contributed by atoms with E-state index in [-0.39, 0.29) is 6.03 Å². The number of nitrogens with zero attached hydrogens (tertiary/aromatic N) is 2. The van der Waals surface area contributed by atoms with Crippen LogP contribution in [0.5, 0.6) is 5.75 Å². The Morgan fingerprint density at radius 3 is 2.82 bits per heavy atom. The van der Waals surface area contributed by atoms with Crippen LogP contribution in [0.4, 0.5) is 4.79 Å². The standard InChI is InChI=1S/C17H25N3O2/c1-2-8-18-17(21)20-11-9-19(10-12-20)15-7-13-22-16-6-4-3-5-14(15)16/h3-6,15H,2,7-13H2,1H3,(H,18,21). The molecule has 1 aromatic rings. The molecule has 2 aliphatic heterocycles. The highest BCUT2D eigenvalue weighted by atomic mass is 16.5. The Morgan fingerprint density at radius 1 is 1.27 bits per heavy atom. The summed E-state index contributed by atoms with van der Waals surface area (Å²) in [4.78, 5) is 16.4. The molecule has 0 bridgehead atoms. The topological polar surface area (TPSA) is 44.8 Å². The molecule has 1 atom stereocenters. The second-order valence-electron chi connectivity index (χ2n) is 5.95. The number of nitrogens with one attached hydrogen (secondary N) is 1. The fourth-order valence-electron chi connectivity index (χ4n) is 3.28. The summed E-state index contributed by atoms with van der Waals surface area (Å²) in [5.41, 5.74) is 1.29. The van der Waals surface area contributed by atoms with E-state index < -0.39 is 0 Å². The molecule has 120 valence electrons. The van der Waals surface area contributed by atoms with Crippen molar-refractivity contribution in [1.82, 2.24) is 15.1 Å². The maximum atomic E-state index is 12.0. The number of para-hydroxylation sites is 1. The van der Waals surface area contributed by atoms with Crippen molar-refractivity contribution in [2.45, 2.75) is 25.8 Å². The highest BCUT2D eigenvalue weighted by Crippen LogP contribution is 2.36. The van der Waals surface area contributed by atoms with Gasteiger partial charge < -0.3 is 15.0 Å². The third-order valence-corrected chi connectivity index (χ3v) is 4.50. The van der Waals surface area contributed by atoms with Gasteiger partial charge in [0.1, 0.15) is 5.75 Å². The smallest absolute Gasteiger partial charge is 0.317 e. The summed E-state index contributed by atoms with van der Waals surface area (Å²) in [5.74, 6) is 1.02. The molecular weight excluding hydrogens is 278 g/mol. The van der Waals surface area contributed by atoms with Crippen molar-refractivity contribution in [3.8, 4) is 5.75 Å². The molecule has 5 heteroatoms. The SMILES string of the molecule is CCCNC(=O)N1CCN(C2CCOc3ccccc32)CC1. The highest BCUT2D eigenvalue weighted by molar-refractivity contribution is 5.74. The van der Waals surface area contributed by atoms with E-state index in [9.17, 15) is 4.79 Å². The van der Waals surface area contributed by atoms with Crippen molar-refractivity contribution < 1.29 is 9.53 Å². The molecule has 22 heavy (non-hydrogen) atoms. The summed E-state index contributed by atoms with van der Waals surface area (Å²) in [5, 5.41) is 2.96. The Kier molecular flexibility index (Phi) is 4.83. The third-order valence-electron chi connectivity index (χ3n) is 4.50. The van der Waals surface area contributed by atoms with Crippen molar-refractivity contribution in [3.05, 3.63) is 29.8 Å². The van der Waals surface area contributed by atoms with Crippen LogP contribution in [0.15, 0.2) is 24.3 Å². The second-order valence-corrected chi connectivity index (χ2v) is 5.95. The van der Waals surface area contributed by atoms with Crippen LogP contribution < -0.4 is 10.1 Å². The van der Waals surface area contributed by atoms with Crippen molar-refractivity contribution in [2.24, 2.45) is 0 Å². The van der Waals surface area contributed by atoms with E-state index >= 15 is 0 Å². The molecule has 2 aliphatic rings. The van der Waals surface area contributed by atoms with Gasteiger partial charge in [0.25, 0.3) is 0 Å². The number of ether oxygens (including phenoxy) is 1. The van der Waals surface area contributed by atoms with Crippen molar-refractivity contribution >= 4 is 6.03 Å². The minimum atomic E-state index is 0.0777. The zero-order valence-electron chi connectivity index (χ0n) is 13.3. The van der Waals surface area contributed by atoms with E-state index in [1.807, 2.05) is 11.0 Å². The Hall–Kier alpha value is -1.75. The molecule has 1 N–H and O–H groups in total. The number of hydrogen-bond acceptors (Lipinski definition) is 3. The first-order chi connectivity index (χ1) is 10.8. The monoisotopic (exact) mass is 303 g/mol. The minimum absolute atomic E-state index is 0.0777. The lowest BCUT2D eigenvalue weighted by Crippen LogP contribution is -2.52. The summed E-state index contributed by atoms with van der Waals surface area (Å²) in [7, 11) is 0. The van der Waals surface area contributed by atoms with Crippen LogP contribution in [0.25, 0.3) is 0 Å². The molecule has 2 amide bonds. The molecule has 0 spiro atoms. The molecule has 0 saturated carbocycles. The van der Waals surface area contributed by atoms with Crippen molar-refractivity contribution in [2.75, 3.05) is 39.3 Å². The van der Waals surface area contributed by atoms with Gasteiger partial charge >= 0.3 is 6.03 Å². The number of benzene rings is 1. The van der Waals surface area contributed by atoms with Crippen LogP contribution >= 0.6 is 0 Å². The Bertz CT molecular complexity index is 512. The van der Waals surface area contributed by atoms with Crippen LogP contribution in [0.2, 0.25) is 0 Å². The lowest BCUT2D eigenvalue weighted by molar-refractivity contribution is 0.0854. The van der Waals surface area contributed by atoms with Gasteiger partial charge in [-0.15, -0.1) is 0 Å². The van der Waals surface area contributed by atoms with Crippen LogP contribution in [-0.2, 0) is 0 Å². The van der Waals surface area contributed by atoms with Gasteiger partial charge in [-0.3, -0.25) is 4.90 Å². The molecule has 0 aromatic heterocycles. The molecule has 1 unspecified atom stereocenters. The van der Waals surface area contributed by atoms with E-state index in [1.54, 1.807) is 0 Å². The summed E-state index contributed by atoms with van der Waals surface area (Å²) in [6, 6.07) is 8.82. The first-order valence-corrected chi connectivity index (χ1v) is 8.28. The van der Waals surface area contributed by atoms with E-state index in [0.717, 1.165) is 57.9 Å². The number of amides is 2. The molecule has 5 nitrogen and oxygen atoms in total. The summed E-state index contributed by atoms with van der Waals surface area (Å²) < 4.78 is 5.75. The van der Waals surface area contributed by atoms with E-state index in [0.29, 0.717) is 6.04 Å². The fourth-order valence-corrected chi connectivity index (χ4v) is 3.28. The largest absolute Gasteiger partial charge is 0.493 e. The maximum absolute atomic E-state index is 12.0. The van der Waals surface area contributed by atoms with E-state index in [4.69, 9.17) is 4.74 Å². The lowest BCUT2D eigenvalue weighted by Gasteiger charge is -2.41. The Morgan fingerprint density at radius 2 is 2.05 bits per heavy atom. The van der Waals surface area contributed by atoms with Gasteiger partial charge in [0, 0.05) is 50.7 Å². The third kappa shape index (κ3) is 3.19. The molecule has 3 rings (SSSR count). The normalized spacial score (nSPS) is 21.9. The van der Waals surface area contributed by atoms with Crippen LogP contribution in [0.1, 0.15) is 31.4 Å². The average Bonchev–Trinajstić information content (AvgIpc) is 2.59. The molecule has 0 radical (unpaired) electrons. The van der Waals surface area contributed by atoms with Gasteiger partial charge in [0.2, 0.25) is 0 Å².